The molecule has 1 atom stereocenters. The molecule has 0 heterocycles. The van der Waals surface area contributed by atoms with Gasteiger partial charge in [-0.3, -0.25) is 0 Å². The number of nitrogens with two attached hydrogens (primary N) is 1. The van der Waals surface area contributed by atoms with Crippen LogP contribution in [0.1, 0.15) is 51.6 Å². The molecule has 2 nitrogen and oxygen atoms in total. The van der Waals surface area contributed by atoms with Crippen LogP contribution in [0.15, 0.2) is 24.3 Å². The maximum Gasteiger partial charge on any atom is 0.124 e. The monoisotopic (exact) mass is 257 g/mol. The number of para-hydroxylation sites is 1. The fraction of sp³-hybridized carbons (Fsp3) is 0.571. The van der Waals surface area contributed by atoms with Crippen molar-refractivity contribution in [3.05, 3.63) is 29.8 Å². The van der Waals surface area contributed by atoms with E-state index in [9.17, 15) is 0 Å². The van der Waals surface area contributed by atoms with E-state index in [1.165, 1.54) is 6.42 Å². The van der Waals surface area contributed by atoms with Gasteiger partial charge >= 0.3 is 0 Å². The van der Waals surface area contributed by atoms with Crippen LogP contribution in [0.2, 0.25) is 0 Å². The summed E-state index contributed by atoms with van der Waals surface area (Å²) in [6.07, 6.45) is 3.56. The molecule has 0 unspecified atom stereocenters. The molecule has 0 aromatic heterocycles. The van der Waals surface area contributed by atoms with Crippen LogP contribution in [0.4, 0.5) is 0 Å². The van der Waals surface area contributed by atoms with E-state index in [0.717, 1.165) is 24.2 Å². The van der Waals surface area contributed by atoms with Crippen LogP contribution in [0.5, 0.6) is 5.75 Å². The summed E-state index contributed by atoms with van der Waals surface area (Å²) in [5.74, 6) is 0.932. The number of unbranched alkanes of at least 4 members (excludes halogenated alkanes) is 1. The fourth-order valence-electron chi connectivity index (χ4n) is 1.73. The molecule has 1 aromatic carbocycles. The molecule has 0 aliphatic heterocycles. The zero-order valence-electron chi connectivity index (χ0n) is 11.0. The molecule has 0 saturated carbocycles. The van der Waals surface area contributed by atoms with Crippen LogP contribution in [-0.2, 0) is 0 Å². The molecule has 0 radical (unpaired) electrons. The van der Waals surface area contributed by atoms with Crippen molar-refractivity contribution < 1.29 is 4.74 Å². The molecular weight excluding hydrogens is 234 g/mol. The van der Waals surface area contributed by atoms with Gasteiger partial charge in [-0.25, -0.2) is 0 Å². The molecule has 2 N–H and O–H groups in total. The van der Waals surface area contributed by atoms with Crippen molar-refractivity contribution in [3.8, 4) is 5.75 Å². The van der Waals surface area contributed by atoms with Gasteiger partial charge in [0, 0.05) is 11.6 Å². The Hall–Kier alpha value is -0.730. The number of hydrogen-bond acceptors (Lipinski definition) is 2. The van der Waals surface area contributed by atoms with Crippen LogP contribution in [-0.4, -0.2) is 6.10 Å². The fourth-order valence-corrected chi connectivity index (χ4v) is 1.73. The van der Waals surface area contributed by atoms with Crippen molar-refractivity contribution in [3.63, 3.8) is 0 Å². The lowest BCUT2D eigenvalue weighted by molar-refractivity contribution is 0.238. The summed E-state index contributed by atoms with van der Waals surface area (Å²) >= 11 is 0. The molecule has 3 heteroatoms. The summed E-state index contributed by atoms with van der Waals surface area (Å²) in [5.41, 5.74) is 7.31. The first kappa shape index (κ1) is 16.3. The summed E-state index contributed by atoms with van der Waals surface area (Å²) in [4.78, 5) is 0. The normalized spacial score (nSPS) is 12.1. The maximum absolute atomic E-state index is 6.18. The first-order valence-electron chi connectivity index (χ1n) is 6.16. The summed E-state index contributed by atoms with van der Waals surface area (Å²) < 4.78 is 5.77. The Labute approximate surface area is 111 Å². The highest BCUT2D eigenvalue weighted by Gasteiger charge is 2.11. The van der Waals surface area contributed by atoms with Crippen LogP contribution < -0.4 is 10.5 Å². The Balaban J connectivity index is 0.00000256. The quantitative estimate of drug-likeness (QED) is 0.833. The maximum atomic E-state index is 6.18. The number of benzene rings is 1. The van der Waals surface area contributed by atoms with Crippen molar-refractivity contribution in [1.82, 2.24) is 0 Å². The third-order valence-corrected chi connectivity index (χ3v) is 2.55. The van der Waals surface area contributed by atoms with E-state index in [1.807, 2.05) is 32.0 Å². The number of rotatable bonds is 6. The van der Waals surface area contributed by atoms with Gasteiger partial charge < -0.3 is 10.5 Å². The van der Waals surface area contributed by atoms with Crippen LogP contribution >= 0.6 is 12.4 Å². The summed E-state index contributed by atoms with van der Waals surface area (Å²) in [7, 11) is 0. The average Bonchev–Trinajstić information content (AvgIpc) is 2.26. The molecule has 1 rings (SSSR count). The van der Waals surface area contributed by atoms with Gasteiger partial charge in [0.05, 0.1) is 6.10 Å². The van der Waals surface area contributed by atoms with Crippen molar-refractivity contribution in [2.45, 2.75) is 52.2 Å². The zero-order valence-corrected chi connectivity index (χ0v) is 11.8. The van der Waals surface area contributed by atoms with Crippen molar-refractivity contribution in [2.75, 3.05) is 0 Å². The standard InChI is InChI=1S/C14H23NO.ClH/c1-4-5-9-13(15)12-8-6-7-10-14(12)16-11(2)3;/h6-8,10-11,13H,4-5,9,15H2,1-3H3;1H/t13-;/m1./s1. The molecule has 0 amide bonds. The minimum absolute atomic E-state index is 0. The summed E-state index contributed by atoms with van der Waals surface area (Å²) in [6.45, 7) is 6.26. The SMILES string of the molecule is CCCC[C@@H](N)c1ccccc1OC(C)C.Cl. The first-order chi connectivity index (χ1) is 7.65. The molecule has 0 saturated heterocycles. The second kappa shape index (κ2) is 8.37. The van der Waals surface area contributed by atoms with E-state index in [2.05, 4.69) is 13.0 Å². The van der Waals surface area contributed by atoms with Gasteiger partial charge in [-0.15, -0.1) is 12.4 Å². The number of halogens is 1. The summed E-state index contributed by atoms with van der Waals surface area (Å²) in [6, 6.07) is 8.18. The highest BCUT2D eigenvalue weighted by molar-refractivity contribution is 5.85. The van der Waals surface area contributed by atoms with E-state index >= 15 is 0 Å². The van der Waals surface area contributed by atoms with Crippen LogP contribution in [0.25, 0.3) is 0 Å². The molecular formula is C14H24ClNO. The molecule has 0 spiro atoms. The van der Waals surface area contributed by atoms with Gasteiger partial charge in [-0.05, 0) is 26.3 Å². The predicted octanol–water partition coefficient (Wildman–Crippen LogP) is 4.09. The van der Waals surface area contributed by atoms with E-state index < -0.39 is 0 Å². The first-order valence-corrected chi connectivity index (χ1v) is 6.16. The predicted molar refractivity (Wildman–Crippen MR) is 75.9 cm³/mol. The van der Waals surface area contributed by atoms with Crippen molar-refractivity contribution >= 4 is 12.4 Å². The van der Waals surface area contributed by atoms with Gasteiger partial charge in [0.1, 0.15) is 5.75 Å². The topological polar surface area (TPSA) is 35.2 Å². The van der Waals surface area contributed by atoms with Gasteiger partial charge in [0.15, 0.2) is 0 Å². The summed E-state index contributed by atoms with van der Waals surface area (Å²) in [5, 5.41) is 0. The van der Waals surface area contributed by atoms with E-state index in [4.69, 9.17) is 10.5 Å². The zero-order chi connectivity index (χ0) is 12.0. The lowest BCUT2D eigenvalue weighted by Crippen LogP contribution is -2.14. The lowest BCUT2D eigenvalue weighted by Gasteiger charge is -2.18. The second-order valence-electron chi connectivity index (χ2n) is 4.45. The van der Waals surface area contributed by atoms with E-state index in [0.29, 0.717) is 0 Å². The van der Waals surface area contributed by atoms with Gasteiger partial charge in [-0.1, -0.05) is 38.0 Å². The molecule has 1 aromatic rings. The average molecular weight is 258 g/mol. The second-order valence-corrected chi connectivity index (χ2v) is 4.45. The number of ether oxygens (including phenoxy) is 1. The smallest absolute Gasteiger partial charge is 0.124 e. The third-order valence-electron chi connectivity index (χ3n) is 2.55. The molecule has 17 heavy (non-hydrogen) atoms. The van der Waals surface area contributed by atoms with E-state index in [-0.39, 0.29) is 24.6 Å². The third kappa shape index (κ3) is 5.42. The minimum Gasteiger partial charge on any atom is -0.491 e. The Morgan fingerprint density at radius 2 is 1.88 bits per heavy atom. The Morgan fingerprint density at radius 1 is 1.24 bits per heavy atom. The minimum atomic E-state index is 0. The Morgan fingerprint density at radius 3 is 2.47 bits per heavy atom. The van der Waals surface area contributed by atoms with Crippen molar-refractivity contribution in [1.29, 1.82) is 0 Å². The molecule has 0 aliphatic carbocycles. The van der Waals surface area contributed by atoms with Crippen molar-refractivity contribution in [2.24, 2.45) is 5.73 Å². The van der Waals surface area contributed by atoms with Crippen LogP contribution in [0.3, 0.4) is 0 Å². The highest BCUT2D eigenvalue weighted by Crippen LogP contribution is 2.27. The van der Waals surface area contributed by atoms with E-state index in [1.54, 1.807) is 0 Å². The van der Waals surface area contributed by atoms with Crippen LogP contribution in [0, 0.1) is 0 Å². The Bertz CT molecular complexity index is 315. The molecule has 0 bridgehead atoms. The van der Waals surface area contributed by atoms with Gasteiger partial charge in [0.2, 0.25) is 0 Å². The lowest BCUT2D eigenvalue weighted by atomic mass is 10.0. The highest BCUT2D eigenvalue weighted by atomic mass is 35.5. The van der Waals surface area contributed by atoms with Gasteiger partial charge in [-0.2, -0.15) is 0 Å². The van der Waals surface area contributed by atoms with Gasteiger partial charge in [0.25, 0.3) is 0 Å². The largest absolute Gasteiger partial charge is 0.491 e. The molecule has 0 fully saturated rings. The molecule has 98 valence electrons. The molecule has 0 aliphatic rings. The number of hydrogen-bond donors (Lipinski definition) is 1. The Kier molecular flexibility index (Phi) is 8.01.